The molecule has 0 bridgehead atoms. The highest BCUT2D eigenvalue weighted by Crippen LogP contribution is 2.34. The highest BCUT2D eigenvalue weighted by atomic mass is 35.5. The topological polar surface area (TPSA) is 21.3 Å². The second-order valence-corrected chi connectivity index (χ2v) is 4.74. The fourth-order valence-electron chi connectivity index (χ4n) is 2.45. The van der Waals surface area contributed by atoms with Crippen LogP contribution >= 0.6 is 11.6 Å². The number of benzene rings is 1. The molecule has 0 saturated carbocycles. The Labute approximate surface area is 106 Å². The molecule has 17 heavy (non-hydrogen) atoms. The lowest BCUT2D eigenvalue weighted by Crippen LogP contribution is -2.30. The molecule has 0 aromatic heterocycles. The van der Waals surface area contributed by atoms with Gasteiger partial charge in [0.2, 0.25) is 0 Å². The van der Waals surface area contributed by atoms with Gasteiger partial charge in [-0.05, 0) is 37.4 Å². The van der Waals surface area contributed by atoms with Crippen molar-refractivity contribution >= 4 is 11.6 Å². The standard InChI is InChI=1S/C13H17ClFNO/c1-16-13(9-5-7-17-8-6-9)10-3-2-4-11(15)12(10)14/h2-4,9,13,16H,5-8H2,1H3. The smallest absolute Gasteiger partial charge is 0.142 e. The number of nitrogens with one attached hydrogen (secondary N) is 1. The van der Waals surface area contributed by atoms with Crippen LogP contribution < -0.4 is 5.32 Å². The molecule has 0 spiro atoms. The van der Waals surface area contributed by atoms with Crippen molar-refractivity contribution in [3.63, 3.8) is 0 Å². The summed E-state index contributed by atoms with van der Waals surface area (Å²) in [5.74, 6) is 0.101. The van der Waals surface area contributed by atoms with Crippen molar-refractivity contribution in [3.8, 4) is 0 Å². The van der Waals surface area contributed by atoms with E-state index in [9.17, 15) is 4.39 Å². The van der Waals surface area contributed by atoms with Crippen molar-refractivity contribution in [1.29, 1.82) is 0 Å². The molecule has 1 saturated heterocycles. The molecule has 4 heteroatoms. The quantitative estimate of drug-likeness (QED) is 0.898. The van der Waals surface area contributed by atoms with E-state index in [1.165, 1.54) is 6.07 Å². The second-order valence-electron chi connectivity index (χ2n) is 4.36. The highest BCUT2D eigenvalue weighted by molar-refractivity contribution is 6.31. The van der Waals surface area contributed by atoms with Gasteiger partial charge in [-0.2, -0.15) is 0 Å². The Kier molecular flexibility index (Phi) is 4.37. The summed E-state index contributed by atoms with van der Waals surface area (Å²) in [6.45, 7) is 1.55. The van der Waals surface area contributed by atoms with E-state index in [1.54, 1.807) is 6.07 Å². The Balaban J connectivity index is 2.24. The number of halogens is 2. The third-order valence-electron chi connectivity index (χ3n) is 3.36. The van der Waals surface area contributed by atoms with Crippen LogP contribution in [0.25, 0.3) is 0 Å². The predicted octanol–water partition coefficient (Wildman–Crippen LogP) is 3.17. The predicted molar refractivity (Wildman–Crippen MR) is 66.8 cm³/mol. The molecule has 1 heterocycles. The van der Waals surface area contributed by atoms with Crippen LogP contribution in [0.3, 0.4) is 0 Å². The van der Waals surface area contributed by atoms with Gasteiger partial charge in [-0.25, -0.2) is 4.39 Å². The Morgan fingerprint density at radius 3 is 2.76 bits per heavy atom. The first-order valence-electron chi connectivity index (χ1n) is 5.93. The molecule has 2 nitrogen and oxygen atoms in total. The summed E-state index contributed by atoms with van der Waals surface area (Å²) in [5.41, 5.74) is 0.848. The van der Waals surface area contributed by atoms with Gasteiger partial charge in [0.15, 0.2) is 0 Å². The van der Waals surface area contributed by atoms with Gasteiger partial charge in [0.05, 0.1) is 5.02 Å². The van der Waals surface area contributed by atoms with Gasteiger partial charge < -0.3 is 10.1 Å². The van der Waals surface area contributed by atoms with E-state index in [0.717, 1.165) is 31.6 Å². The summed E-state index contributed by atoms with van der Waals surface area (Å²) in [7, 11) is 1.89. The van der Waals surface area contributed by atoms with Crippen molar-refractivity contribution in [2.75, 3.05) is 20.3 Å². The molecule has 1 atom stereocenters. The Morgan fingerprint density at radius 2 is 2.12 bits per heavy atom. The van der Waals surface area contributed by atoms with E-state index < -0.39 is 0 Å². The van der Waals surface area contributed by atoms with Crippen LogP contribution in [0.4, 0.5) is 4.39 Å². The van der Waals surface area contributed by atoms with Crippen LogP contribution in [0.5, 0.6) is 0 Å². The lowest BCUT2D eigenvalue weighted by molar-refractivity contribution is 0.0546. The van der Waals surface area contributed by atoms with Gasteiger partial charge in [0.25, 0.3) is 0 Å². The van der Waals surface area contributed by atoms with Gasteiger partial charge in [-0.3, -0.25) is 0 Å². The van der Waals surface area contributed by atoms with Gasteiger partial charge in [0, 0.05) is 19.3 Å². The molecule has 1 N–H and O–H groups in total. The van der Waals surface area contributed by atoms with Gasteiger partial charge >= 0.3 is 0 Å². The zero-order valence-electron chi connectivity index (χ0n) is 9.88. The van der Waals surface area contributed by atoms with Gasteiger partial charge in [-0.1, -0.05) is 23.7 Å². The SMILES string of the molecule is CNC(c1cccc(F)c1Cl)C1CCOCC1. The summed E-state index contributed by atoms with van der Waals surface area (Å²) < 4.78 is 18.8. The molecule has 1 aromatic rings. The zero-order valence-corrected chi connectivity index (χ0v) is 10.6. The Bertz CT molecular complexity index is 380. The van der Waals surface area contributed by atoms with Crippen molar-refractivity contribution in [3.05, 3.63) is 34.6 Å². The summed E-state index contributed by atoms with van der Waals surface area (Å²) in [5, 5.41) is 3.48. The van der Waals surface area contributed by atoms with Crippen molar-refractivity contribution in [1.82, 2.24) is 5.32 Å². The number of ether oxygens (including phenoxy) is 1. The zero-order chi connectivity index (χ0) is 12.3. The third kappa shape index (κ3) is 2.79. The fraction of sp³-hybridized carbons (Fsp3) is 0.538. The first kappa shape index (κ1) is 12.8. The van der Waals surface area contributed by atoms with E-state index >= 15 is 0 Å². The van der Waals surface area contributed by atoms with E-state index in [4.69, 9.17) is 16.3 Å². The Hall–Kier alpha value is -0.640. The average Bonchev–Trinajstić information content (AvgIpc) is 2.37. The maximum Gasteiger partial charge on any atom is 0.142 e. The van der Waals surface area contributed by atoms with Crippen molar-refractivity contribution in [2.45, 2.75) is 18.9 Å². The molecule has 0 amide bonds. The molecule has 94 valence electrons. The van der Waals surface area contributed by atoms with Crippen LogP contribution in [0.15, 0.2) is 18.2 Å². The van der Waals surface area contributed by atoms with Crippen LogP contribution in [0.1, 0.15) is 24.4 Å². The molecule has 0 radical (unpaired) electrons. The normalized spacial score (nSPS) is 19.2. The van der Waals surface area contributed by atoms with Crippen LogP contribution in [0.2, 0.25) is 5.02 Å². The first-order chi connectivity index (χ1) is 8.24. The van der Waals surface area contributed by atoms with Crippen LogP contribution in [0, 0.1) is 11.7 Å². The minimum absolute atomic E-state index is 0.0992. The number of hydrogen-bond donors (Lipinski definition) is 1. The highest BCUT2D eigenvalue weighted by Gasteiger charge is 2.26. The molecule has 1 aromatic carbocycles. The maximum atomic E-state index is 13.5. The average molecular weight is 258 g/mol. The number of rotatable bonds is 3. The van der Waals surface area contributed by atoms with Crippen molar-refractivity contribution < 1.29 is 9.13 Å². The second kappa shape index (κ2) is 5.80. The lowest BCUT2D eigenvalue weighted by atomic mass is 9.87. The van der Waals surface area contributed by atoms with E-state index in [2.05, 4.69) is 5.32 Å². The van der Waals surface area contributed by atoms with E-state index in [0.29, 0.717) is 5.92 Å². The molecule has 2 rings (SSSR count). The Morgan fingerprint density at radius 1 is 1.41 bits per heavy atom. The van der Waals surface area contributed by atoms with Crippen LogP contribution in [-0.4, -0.2) is 20.3 Å². The minimum Gasteiger partial charge on any atom is -0.381 e. The summed E-state index contributed by atoms with van der Waals surface area (Å²) in [6.07, 6.45) is 1.97. The van der Waals surface area contributed by atoms with Crippen LogP contribution in [-0.2, 0) is 4.74 Å². The van der Waals surface area contributed by atoms with E-state index in [-0.39, 0.29) is 16.9 Å². The lowest BCUT2D eigenvalue weighted by Gasteiger charge is -2.31. The van der Waals surface area contributed by atoms with E-state index in [1.807, 2.05) is 13.1 Å². The third-order valence-corrected chi connectivity index (χ3v) is 3.76. The summed E-state index contributed by atoms with van der Waals surface area (Å²) >= 11 is 6.04. The molecule has 1 aliphatic rings. The maximum absolute atomic E-state index is 13.5. The first-order valence-corrected chi connectivity index (χ1v) is 6.30. The minimum atomic E-state index is -0.350. The molecule has 1 aliphatic heterocycles. The molecular formula is C13H17ClFNO. The van der Waals surface area contributed by atoms with Crippen molar-refractivity contribution in [2.24, 2.45) is 5.92 Å². The molecule has 0 aliphatic carbocycles. The van der Waals surface area contributed by atoms with Gasteiger partial charge in [-0.15, -0.1) is 0 Å². The summed E-state index contributed by atoms with van der Waals surface area (Å²) in [6, 6.07) is 5.09. The monoisotopic (exact) mass is 257 g/mol. The number of hydrogen-bond acceptors (Lipinski definition) is 2. The largest absolute Gasteiger partial charge is 0.381 e. The molecular weight excluding hydrogens is 241 g/mol. The van der Waals surface area contributed by atoms with Gasteiger partial charge in [0.1, 0.15) is 5.82 Å². The molecule has 1 fully saturated rings. The summed E-state index contributed by atoms with van der Waals surface area (Å²) in [4.78, 5) is 0. The molecule has 1 unspecified atom stereocenters. The fourth-order valence-corrected chi connectivity index (χ4v) is 2.70.